The van der Waals surface area contributed by atoms with Crippen molar-refractivity contribution in [3.63, 3.8) is 0 Å². The number of hydrogen-bond acceptors (Lipinski definition) is 0. The molecule has 0 atom stereocenters. The van der Waals surface area contributed by atoms with E-state index in [4.69, 9.17) is 0 Å². The average molecular weight is 284 g/mol. The highest BCUT2D eigenvalue weighted by molar-refractivity contribution is 5.71. The topological polar surface area (TPSA) is 0 Å². The summed E-state index contributed by atoms with van der Waals surface area (Å²) in [5, 5.41) is 0. The standard InChI is InChI=1S/C20H25F/c1-14-3-6-16(7-4-14)17-8-10-18(11-9-17)19-12-5-15(2)13-20(19)21/h8-11,13-14,16H,3-7,12H2,1-2H3. The molecule has 0 aromatic heterocycles. The minimum absolute atomic E-state index is 0.0435. The van der Waals surface area contributed by atoms with Crippen molar-refractivity contribution >= 4 is 5.57 Å². The van der Waals surface area contributed by atoms with Crippen molar-refractivity contribution in [2.75, 3.05) is 0 Å². The van der Waals surface area contributed by atoms with Gasteiger partial charge < -0.3 is 0 Å². The Morgan fingerprint density at radius 3 is 2.24 bits per heavy atom. The monoisotopic (exact) mass is 284 g/mol. The molecule has 0 unspecified atom stereocenters. The summed E-state index contributed by atoms with van der Waals surface area (Å²) in [6.07, 6.45) is 8.79. The zero-order chi connectivity index (χ0) is 14.8. The minimum Gasteiger partial charge on any atom is -0.207 e. The number of allylic oxidation sites excluding steroid dienone is 4. The lowest BCUT2D eigenvalue weighted by Crippen LogP contribution is -2.10. The van der Waals surface area contributed by atoms with Crippen LogP contribution in [0.5, 0.6) is 0 Å². The van der Waals surface area contributed by atoms with Crippen LogP contribution >= 0.6 is 0 Å². The van der Waals surface area contributed by atoms with Gasteiger partial charge in [0.1, 0.15) is 5.83 Å². The van der Waals surface area contributed by atoms with Crippen LogP contribution in [-0.4, -0.2) is 0 Å². The van der Waals surface area contributed by atoms with Gasteiger partial charge in [0.05, 0.1) is 0 Å². The Morgan fingerprint density at radius 1 is 0.952 bits per heavy atom. The summed E-state index contributed by atoms with van der Waals surface area (Å²) in [5.74, 6) is 1.55. The lowest BCUT2D eigenvalue weighted by atomic mass is 9.79. The molecule has 112 valence electrons. The Labute approximate surface area is 127 Å². The first-order chi connectivity index (χ1) is 10.1. The van der Waals surface area contributed by atoms with Gasteiger partial charge in [0.15, 0.2) is 0 Å². The molecule has 3 rings (SSSR count). The van der Waals surface area contributed by atoms with Crippen LogP contribution in [0.15, 0.2) is 41.7 Å². The SMILES string of the molecule is CC1=CC(F)=C(c2ccc(C3CCC(C)CC3)cc2)CC1. The van der Waals surface area contributed by atoms with Gasteiger partial charge in [0.2, 0.25) is 0 Å². The quantitative estimate of drug-likeness (QED) is 0.589. The molecule has 0 saturated heterocycles. The second kappa shape index (κ2) is 6.17. The molecular formula is C20H25F. The highest BCUT2D eigenvalue weighted by Crippen LogP contribution is 2.37. The van der Waals surface area contributed by atoms with Crippen molar-refractivity contribution in [3.05, 3.63) is 52.9 Å². The summed E-state index contributed by atoms with van der Waals surface area (Å²) < 4.78 is 14.1. The maximum atomic E-state index is 14.1. The Morgan fingerprint density at radius 2 is 1.62 bits per heavy atom. The first-order valence-corrected chi connectivity index (χ1v) is 8.29. The molecule has 0 N–H and O–H groups in total. The molecule has 0 heterocycles. The van der Waals surface area contributed by atoms with E-state index in [1.165, 1.54) is 31.2 Å². The third-order valence-electron chi connectivity index (χ3n) is 5.18. The van der Waals surface area contributed by atoms with Gasteiger partial charge in [-0.05, 0) is 67.2 Å². The molecule has 0 amide bonds. The maximum absolute atomic E-state index is 14.1. The predicted molar refractivity (Wildman–Crippen MR) is 87.8 cm³/mol. The molecule has 1 saturated carbocycles. The third kappa shape index (κ3) is 3.28. The normalized spacial score (nSPS) is 26.7. The first kappa shape index (κ1) is 14.6. The van der Waals surface area contributed by atoms with Crippen LogP contribution in [0.25, 0.3) is 5.57 Å². The second-order valence-corrected chi connectivity index (χ2v) is 6.90. The van der Waals surface area contributed by atoms with E-state index in [0.717, 1.165) is 35.5 Å². The Bertz CT molecular complexity index is 554. The molecule has 0 aliphatic heterocycles. The van der Waals surface area contributed by atoms with E-state index in [9.17, 15) is 4.39 Å². The van der Waals surface area contributed by atoms with E-state index in [1.807, 2.05) is 6.92 Å². The zero-order valence-electron chi connectivity index (χ0n) is 13.2. The summed E-state index contributed by atoms with van der Waals surface area (Å²) in [4.78, 5) is 0. The summed E-state index contributed by atoms with van der Waals surface area (Å²) >= 11 is 0. The van der Waals surface area contributed by atoms with Crippen molar-refractivity contribution in [3.8, 4) is 0 Å². The largest absolute Gasteiger partial charge is 0.207 e. The Kier molecular flexibility index (Phi) is 4.28. The highest BCUT2D eigenvalue weighted by atomic mass is 19.1. The van der Waals surface area contributed by atoms with Crippen molar-refractivity contribution in [1.29, 1.82) is 0 Å². The van der Waals surface area contributed by atoms with Crippen molar-refractivity contribution in [1.82, 2.24) is 0 Å². The van der Waals surface area contributed by atoms with E-state index in [1.54, 1.807) is 6.08 Å². The van der Waals surface area contributed by atoms with Gasteiger partial charge in [-0.15, -0.1) is 0 Å². The maximum Gasteiger partial charge on any atom is 0.126 e. The van der Waals surface area contributed by atoms with E-state index in [-0.39, 0.29) is 5.83 Å². The van der Waals surface area contributed by atoms with E-state index in [2.05, 4.69) is 31.2 Å². The molecule has 21 heavy (non-hydrogen) atoms. The molecule has 1 heteroatoms. The molecule has 0 nitrogen and oxygen atoms in total. The predicted octanol–water partition coefficient (Wildman–Crippen LogP) is 6.40. The number of benzene rings is 1. The summed E-state index contributed by atoms with van der Waals surface area (Å²) in [5.41, 5.74) is 4.52. The van der Waals surface area contributed by atoms with Crippen LogP contribution in [0.1, 0.15) is 69.4 Å². The average Bonchev–Trinajstić information content (AvgIpc) is 2.48. The summed E-state index contributed by atoms with van der Waals surface area (Å²) in [6, 6.07) is 8.69. The van der Waals surface area contributed by atoms with Crippen LogP contribution in [-0.2, 0) is 0 Å². The molecule has 2 aliphatic carbocycles. The Balaban J connectivity index is 1.77. The lowest BCUT2D eigenvalue weighted by Gasteiger charge is -2.26. The fourth-order valence-corrected chi connectivity index (χ4v) is 3.65. The fraction of sp³-hybridized carbons (Fsp3) is 0.500. The van der Waals surface area contributed by atoms with Crippen LogP contribution in [0.2, 0.25) is 0 Å². The van der Waals surface area contributed by atoms with Gasteiger partial charge in [-0.25, -0.2) is 4.39 Å². The molecule has 2 aliphatic rings. The third-order valence-corrected chi connectivity index (χ3v) is 5.18. The van der Waals surface area contributed by atoms with Crippen molar-refractivity contribution in [2.24, 2.45) is 5.92 Å². The van der Waals surface area contributed by atoms with Gasteiger partial charge in [0, 0.05) is 0 Å². The van der Waals surface area contributed by atoms with Crippen molar-refractivity contribution in [2.45, 2.75) is 58.3 Å². The molecule has 1 fully saturated rings. The lowest BCUT2D eigenvalue weighted by molar-refractivity contribution is 0.348. The van der Waals surface area contributed by atoms with Crippen LogP contribution in [0, 0.1) is 5.92 Å². The van der Waals surface area contributed by atoms with Gasteiger partial charge in [-0.3, -0.25) is 0 Å². The van der Waals surface area contributed by atoms with Gasteiger partial charge in [-0.1, -0.05) is 49.6 Å². The summed E-state index contributed by atoms with van der Waals surface area (Å²) in [7, 11) is 0. The van der Waals surface area contributed by atoms with E-state index in [0.29, 0.717) is 5.92 Å². The van der Waals surface area contributed by atoms with Gasteiger partial charge in [0.25, 0.3) is 0 Å². The second-order valence-electron chi connectivity index (χ2n) is 6.90. The molecule has 0 radical (unpaired) electrons. The van der Waals surface area contributed by atoms with E-state index >= 15 is 0 Å². The number of rotatable bonds is 2. The van der Waals surface area contributed by atoms with Gasteiger partial charge >= 0.3 is 0 Å². The highest BCUT2D eigenvalue weighted by Gasteiger charge is 2.20. The zero-order valence-corrected chi connectivity index (χ0v) is 13.2. The number of halogens is 1. The van der Waals surface area contributed by atoms with Crippen LogP contribution in [0.3, 0.4) is 0 Å². The van der Waals surface area contributed by atoms with Gasteiger partial charge in [-0.2, -0.15) is 0 Å². The summed E-state index contributed by atoms with van der Waals surface area (Å²) in [6.45, 7) is 4.36. The van der Waals surface area contributed by atoms with Crippen molar-refractivity contribution < 1.29 is 4.39 Å². The molecular weight excluding hydrogens is 259 g/mol. The fourth-order valence-electron chi connectivity index (χ4n) is 3.65. The molecule has 1 aromatic rings. The number of hydrogen-bond donors (Lipinski definition) is 0. The van der Waals surface area contributed by atoms with E-state index < -0.39 is 0 Å². The molecule has 0 bridgehead atoms. The minimum atomic E-state index is -0.0435. The van der Waals surface area contributed by atoms with Crippen LogP contribution < -0.4 is 0 Å². The molecule has 0 spiro atoms. The van der Waals surface area contributed by atoms with Crippen LogP contribution in [0.4, 0.5) is 4.39 Å². The Hall–Kier alpha value is -1.37. The smallest absolute Gasteiger partial charge is 0.126 e. The first-order valence-electron chi connectivity index (χ1n) is 8.29. The molecule has 1 aromatic carbocycles.